The molecule has 3 amide bonds. The summed E-state index contributed by atoms with van der Waals surface area (Å²) in [5.41, 5.74) is 1.83. The number of hydrogen-bond acceptors (Lipinski definition) is 7. The van der Waals surface area contributed by atoms with E-state index in [1.165, 1.54) is 0 Å². The van der Waals surface area contributed by atoms with Gasteiger partial charge < -0.3 is 35.4 Å². The maximum Gasteiger partial charge on any atom is 0.490 e. The number of carboxylic acid groups (broad SMARTS) is 1. The fourth-order valence-corrected chi connectivity index (χ4v) is 5.89. The minimum atomic E-state index is -5.08. The highest BCUT2D eigenvalue weighted by Gasteiger charge is 2.39. The van der Waals surface area contributed by atoms with Gasteiger partial charge in [0.2, 0.25) is 5.91 Å². The van der Waals surface area contributed by atoms with E-state index in [1.54, 1.807) is 81.1 Å². The highest BCUT2D eigenvalue weighted by molar-refractivity contribution is 9.10. The maximum absolute atomic E-state index is 14.5. The van der Waals surface area contributed by atoms with Crippen molar-refractivity contribution in [1.82, 2.24) is 10.6 Å². The number of benzene rings is 4. The van der Waals surface area contributed by atoms with Gasteiger partial charge in [0.05, 0.1) is 43.2 Å². The number of rotatable bonds is 8. The molecular formula is C37H38BrF3N4O7. The van der Waals surface area contributed by atoms with Crippen molar-refractivity contribution in [3.8, 4) is 5.75 Å². The van der Waals surface area contributed by atoms with E-state index in [-0.39, 0.29) is 30.8 Å². The highest BCUT2D eigenvalue weighted by Crippen LogP contribution is 2.38. The normalized spacial score (nSPS) is 15.2. The maximum atomic E-state index is 14.5. The summed E-state index contributed by atoms with van der Waals surface area (Å²) < 4.78 is 38.4. The van der Waals surface area contributed by atoms with Gasteiger partial charge in [-0.2, -0.15) is 13.2 Å². The summed E-state index contributed by atoms with van der Waals surface area (Å²) in [6, 6.07) is 22.2. The van der Waals surface area contributed by atoms with Crippen molar-refractivity contribution >= 4 is 61.8 Å². The lowest BCUT2D eigenvalue weighted by molar-refractivity contribution is -0.192. The number of hydrogen-bond donors (Lipinski definition) is 4. The molecule has 2 atom stereocenters. The molecule has 52 heavy (non-hydrogen) atoms. The summed E-state index contributed by atoms with van der Waals surface area (Å²) in [6.07, 6.45) is -5.08. The number of aliphatic carboxylic acids is 1. The van der Waals surface area contributed by atoms with Crippen LogP contribution in [0.5, 0.6) is 5.75 Å². The van der Waals surface area contributed by atoms with Crippen molar-refractivity contribution in [2.75, 3.05) is 30.5 Å². The SMILES string of the molecule is CNC(C)C(=O)N[C@H]1CN(C(=O)c2ccc(C(C)(C)O)cc2)c2ccccc2N(Cc2c(OC)ccc3cc(Br)ccc23)C1=O.O=C(O)C(F)(F)F. The lowest BCUT2D eigenvalue weighted by atomic mass is 9.97. The second-order valence-electron chi connectivity index (χ2n) is 12.5. The number of likely N-dealkylation sites (N-methyl/N-ethyl adjacent to an activating group) is 1. The molecule has 276 valence electrons. The third kappa shape index (κ3) is 9.08. The first kappa shape index (κ1) is 39.8. The number of alkyl halides is 3. The molecule has 0 radical (unpaired) electrons. The number of aliphatic hydroxyl groups is 1. The first-order valence-corrected chi connectivity index (χ1v) is 16.7. The second kappa shape index (κ2) is 16.1. The van der Waals surface area contributed by atoms with Crippen molar-refractivity contribution < 1.29 is 47.3 Å². The number of para-hydroxylation sites is 2. The van der Waals surface area contributed by atoms with Gasteiger partial charge in [-0.3, -0.25) is 14.4 Å². The van der Waals surface area contributed by atoms with Crippen LogP contribution in [0.15, 0.2) is 83.3 Å². The van der Waals surface area contributed by atoms with E-state index in [4.69, 9.17) is 14.6 Å². The Hall–Kier alpha value is -4.99. The van der Waals surface area contributed by atoms with Crippen LogP contribution in [0.4, 0.5) is 24.5 Å². The Morgan fingerprint density at radius 2 is 1.62 bits per heavy atom. The number of carboxylic acids is 1. The molecule has 15 heteroatoms. The lowest BCUT2D eigenvalue weighted by Crippen LogP contribution is -2.55. The van der Waals surface area contributed by atoms with Crippen LogP contribution in [-0.2, 0) is 26.5 Å². The molecule has 0 spiro atoms. The summed E-state index contributed by atoms with van der Waals surface area (Å²) >= 11 is 3.54. The Balaban J connectivity index is 0.000000785. The monoisotopic (exact) mass is 786 g/mol. The van der Waals surface area contributed by atoms with E-state index < -0.39 is 29.8 Å². The Morgan fingerprint density at radius 3 is 2.17 bits per heavy atom. The van der Waals surface area contributed by atoms with Gasteiger partial charge in [0.25, 0.3) is 11.8 Å². The van der Waals surface area contributed by atoms with Crippen LogP contribution in [0.3, 0.4) is 0 Å². The first-order chi connectivity index (χ1) is 24.4. The largest absolute Gasteiger partial charge is 0.496 e. The zero-order valence-corrected chi connectivity index (χ0v) is 30.5. The summed E-state index contributed by atoms with van der Waals surface area (Å²) in [7, 11) is 3.26. The fourth-order valence-electron chi connectivity index (χ4n) is 5.51. The number of amides is 3. The van der Waals surface area contributed by atoms with Crippen LogP contribution in [0.1, 0.15) is 42.3 Å². The third-order valence-electron chi connectivity index (χ3n) is 8.45. The van der Waals surface area contributed by atoms with E-state index in [1.807, 2.05) is 42.5 Å². The Morgan fingerprint density at radius 1 is 1.00 bits per heavy atom. The van der Waals surface area contributed by atoms with E-state index in [0.29, 0.717) is 28.3 Å². The molecular weight excluding hydrogens is 749 g/mol. The topological polar surface area (TPSA) is 149 Å². The van der Waals surface area contributed by atoms with Gasteiger partial charge in [0.1, 0.15) is 11.8 Å². The number of fused-ring (bicyclic) bond motifs is 2. The minimum Gasteiger partial charge on any atom is -0.496 e. The van der Waals surface area contributed by atoms with Crippen LogP contribution >= 0.6 is 15.9 Å². The number of ether oxygens (including phenoxy) is 1. The number of carbonyl (C=O) groups excluding carboxylic acids is 3. The van der Waals surface area contributed by atoms with E-state index in [2.05, 4.69) is 26.6 Å². The van der Waals surface area contributed by atoms with Crippen LogP contribution < -0.4 is 25.2 Å². The van der Waals surface area contributed by atoms with Gasteiger partial charge in [-0.25, -0.2) is 4.79 Å². The number of halogens is 4. The molecule has 4 aromatic carbocycles. The van der Waals surface area contributed by atoms with E-state index in [0.717, 1.165) is 20.8 Å². The number of carbonyl (C=O) groups is 4. The van der Waals surface area contributed by atoms with Crippen LogP contribution in [0, 0.1) is 0 Å². The summed E-state index contributed by atoms with van der Waals surface area (Å²) in [4.78, 5) is 53.8. The van der Waals surface area contributed by atoms with Gasteiger partial charge in [0.15, 0.2) is 0 Å². The average Bonchev–Trinajstić information content (AvgIpc) is 3.21. The molecule has 1 heterocycles. The number of nitrogens with one attached hydrogen (secondary N) is 2. The smallest absolute Gasteiger partial charge is 0.490 e. The molecule has 0 bridgehead atoms. The van der Waals surface area contributed by atoms with Gasteiger partial charge in [-0.15, -0.1) is 0 Å². The molecule has 1 aliphatic heterocycles. The predicted octanol–water partition coefficient (Wildman–Crippen LogP) is 5.76. The van der Waals surface area contributed by atoms with Crippen LogP contribution in [-0.4, -0.2) is 72.9 Å². The molecule has 0 saturated carbocycles. The predicted molar refractivity (Wildman–Crippen MR) is 193 cm³/mol. The van der Waals surface area contributed by atoms with Crippen molar-refractivity contribution in [3.05, 3.63) is 100 Å². The second-order valence-corrected chi connectivity index (χ2v) is 13.4. The molecule has 0 aromatic heterocycles. The molecule has 0 aliphatic carbocycles. The minimum absolute atomic E-state index is 0.0831. The number of methoxy groups -OCH3 is 1. The summed E-state index contributed by atoms with van der Waals surface area (Å²) in [5.74, 6) is -3.21. The first-order valence-electron chi connectivity index (χ1n) is 16.0. The van der Waals surface area contributed by atoms with Gasteiger partial charge in [-0.05, 0) is 86.6 Å². The molecule has 1 unspecified atom stereocenters. The zero-order chi connectivity index (χ0) is 38.5. The Labute approximate surface area is 306 Å². The molecule has 11 nitrogen and oxygen atoms in total. The molecule has 0 fully saturated rings. The van der Waals surface area contributed by atoms with Gasteiger partial charge in [-0.1, -0.05) is 52.3 Å². The Kier molecular flexibility index (Phi) is 12.3. The Bertz CT molecular complexity index is 1970. The average molecular weight is 788 g/mol. The summed E-state index contributed by atoms with van der Waals surface area (Å²) in [5, 5.41) is 25.2. The molecule has 0 saturated heterocycles. The molecule has 4 aromatic rings. The van der Waals surface area contributed by atoms with Crippen LogP contribution in [0.2, 0.25) is 0 Å². The quantitative estimate of drug-likeness (QED) is 0.176. The van der Waals surface area contributed by atoms with Crippen LogP contribution in [0.25, 0.3) is 10.8 Å². The highest BCUT2D eigenvalue weighted by atomic mass is 79.9. The molecule has 1 aliphatic rings. The third-order valence-corrected chi connectivity index (χ3v) is 8.94. The van der Waals surface area contributed by atoms with E-state index in [9.17, 15) is 32.7 Å². The summed E-state index contributed by atoms with van der Waals surface area (Å²) in [6.45, 7) is 5.11. The van der Waals surface area contributed by atoms with Crippen molar-refractivity contribution in [2.24, 2.45) is 0 Å². The lowest BCUT2D eigenvalue weighted by Gasteiger charge is -2.27. The number of nitrogens with zero attached hydrogens (tertiary/aromatic N) is 2. The van der Waals surface area contributed by atoms with Crippen molar-refractivity contribution in [2.45, 2.75) is 51.2 Å². The van der Waals surface area contributed by atoms with Crippen molar-refractivity contribution in [1.29, 1.82) is 0 Å². The fraction of sp³-hybridized carbons (Fsp3) is 0.297. The van der Waals surface area contributed by atoms with Crippen molar-refractivity contribution in [3.63, 3.8) is 0 Å². The van der Waals surface area contributed by atoms with Gasteiger partial charge >= 0.3 is 12.1 Å². The number of anilines is 2. The van der Waals surface area contributed by atoms with E-state index >= 15 is 0 Å². The molecule has 5 rings (SSSR count). The van der Waals surface area contributed by atoms with Gasteiger partial charge in [0, 0.05) is 15.6 Å². The molecule has 4 N–H and O–H groups in total. The standard InChI is InChI=1S/C35H37BrN4O5.C2HF3O2/c1-21(37-4)32(41)38-28-20-40(33(42)22-10-13-24(14-11-22)35(2,3)44)30-9-7-6-8-29(30)39(34(28)43)19-27-26-16-15-25(36)18-23(26)12-17-31(27)45-5;3-2(4,5)1(6)7/h6-18,21,28,37,44H,19-20H2,1-5H3,(H,38,41);(H,6,7)/t21?,28-;/m0./s1. The zero-order valence-electron chi connectivity index (χ0n) is 28.9.